The highest BCUT2D eigenvalue weighted by Crippen LogP contribution is 2.21. The van der Waals surface area contributed by atoms with Gasteiger partial charge in [0.15, 0.2) is 0 Å². The van der Waals surface area contributed by atoms with Crippen molar-refractivity contribution in [1.82, 2.24) is 4.98 Å². The number of amides is 1. The van der Waals surface area contributed by atoms with Crippen LogP contribution in [0.1, 0.15) is 12.0 Å². The molecular weight excluding hydrogens is 306 g/mol. The molecule has 0 unspecified atom stereocenters. The quantitative estimate of drug-likeness (QED) is 0.910. The lowest BCUT2D eigenvalue weighted by Gasteiger charge is -2.07. The van der Waals surface area contributed by atoms with Crippen molar-refractivity contribution in [3.8, 4) is 0 Å². The zero-order valence-electron chi connectivity index (χ0n) is 10.3. The predicted octanol–water partition coefficient (Wildman–Crippen LogP) is 3.00. The lowest BCUT2D eigenvalue weighted by Crippen LogP contribution is -2.14. The van der Waals surface area contributed by atoms with Gasteiger partial charge in [-0.3, -0.25) is 4.79 Å². The van der Waals surface area contributed by atoms with Gasteiger partial charge in [0.05, 0.1) is 16.4 Å². The molecule has 1 heterocycles. The smallest absolute Gasteiger partial charge is 0.225 e. The molecule has 0 aliphatic heterocycles. The van der Waals surface area contributed by atoms with Crippen LogP contribution in [0.25, 0.3) is 0 Å². The Balaban J connectivity index is 1.91. The minimum atomic E-state index is -0.0678. The lowest BCUT2D eigenvalue weighted by molar-refractivity contribution is -0.116. The van der Waals surface area contributed by atoms with E-state index in [0.717, 1.165) is 5.56 Å². The number of hydrogen-bond donors (Lipinski definition) is 2. The highest BCUT2D eigenvalue weighted by atomic mass is 79.9. The summed E-state index contributed by atoms with van der Waals surface area (Å²) >= 11 is 3.31. The van der Waals surface area contributed by atoms with E-state index in [4.69, 9.17) is 5.73 Å². The fourth-order valence-corrected chi connectivity index (χ4v) is 2.11. The van der Waals surface area contributed by atoms with Crippen molar-refractivity contribution < 1.29 is 4.79 Å². The molecule has 0 bridgehead atoms. The van der Waals surface area contributed by atoms with Crippen LogP contribution in [0.2, 0.25) is 0 Å². The zero-order chi connectivity index (χ0) is 13.7. The Bertz CT molecular complexity index is 572. The number of nitrogens with zero attached hydrogens (tertiary/aromatic N) is 1. The topological polar surface area (TPSA) is 68.0 Å². The SMILES string of the molecule is Nc1cnc(NC(=O)CCc2ccccc2)c(Br)c1. The van der Waals surface area contributed by atoms with Crippen molar-refractivity contribution in [1.29, 1.82) is 0 Å². The Morgan fingerprint density at radius 1 is 1.32 bits per heavy atom. The minimum Gasteiger partial charge on any atom is -0.397 e. The molecule has 1 amide bonds. The average Bonchev–Trinajstić information content (AvgIpc) is 2.41. The summed E-state index contributed by atoms with van der Waals surface area (Å²) in [4.78, 5) is 15.9. The largest absolute Gasteiger partial charge is 0.397 e. The maximum atomic E-state index is 11.8. The van der Waals surface area contributed by atoms with Gasteiger partial charge in [0.2, 0.25) is 5.91 Å². The predicted molar refractivity (Wildman–Crippen MR) is 79.7 cm³/mol. The van der Waals surface area contributed by atoms with Crippen LogP contribution < -0.4 is 11.1 Å². The molecule has 0 radical (unpaired) electrons. The molecule has 19 heavy (non-hydrogen) atoms. The molecule has 98 valence electrons. The van der Waals surface area contributed by atoms with Crippen molar-refractivity contribution in [2.45, 2.75) is 12.8 Å². The number of halogens is 1. The van der Waals surface area contributed by atoms with Gasteiger partial charge in [-0.25, -0.2) is 4.98 Å². The van der Waals surface area contributed by atoms with Gasteiger partial charge in [-0.2, -0.15) is 0 Å². The number of carbonyl (C=O) groups excluding carboxylic acids is 1. The van der Waals surface area contributed by atoms with E-state index in [1.54, 1.807) is 6.07 Å². The Morgan fingerprint density at radius 3 is 2.74 bits per heavy atom. The summed E-state index contributed by atoms with van der Waals surface area (Å²) in [6, 6.07) is 11.6. The number of aromatic nitrogens is 1. The van der Waals surface area contributed by atoms with Crippen LogP contribution in [0.3, 0.4) is 0 Å². The number of benzene rings is 1. The summed E-state index contributed by atoms with van der Waals surface area (Å²) < 4.78 is 0.681. The first-order valence-electron chi connectivity index (χ1n) is 5.90. The molecule has 5 heteroatoms. The van der Waals surface area contributed by atoms with Gasteiger partial charge in [0.1, 0.15) is 5.82 Å². The molecule has 1 aromatic carbocycles. The molecule has 2 rings (SSSR count). The van der Waals surface area contributed by atoms with Crippen LogP contribution >= 0.6 is 15.9 Å². The summed E-state index contributed by atoms with van der Waals surface area (Å²) in [5, 5.41) is 2.76. The van der Waals surface area contributed by atoms with E-state index < -0.39 is 0 Å². The first-order chi connectivity index (χ1) is 9.15. The van der Waals surface area contributed by atoms with Crippen molar-refractivity contribution in [3.63, 3.8) is 0 Å². The van der Waals surface area contributed by atoms with Crippen LogP contribution in [0.15, 0.2) is 47.1 Å². The molecule has 0 aliphatic carbocycles. The molecule has 3 N–H and O–H groups in total. The molecular formula is C14H14BrN3O. The average molecular weight is 320 g/mol. The molecule has 2 aromatic rings. The normalized spacial score (nSPS) is 10.2. The van der Waals surface area contributed by atoms with Crippen molar-refractivity contribution in [2.24, 2.45) is 0 Å². The number of nitrogens with two attached hydrogens (primary N) is 1. The number of carbonyl (C=O) groups is 1. The van der Waals surface area contributed by atoms with Gasteiger partial charge >= 0.3 is 0 Å². The molecule has 0 fully saturated rings. The maximum absolute atomic E-state index is 11.8. The summed E-state index contributed by atoms with van der Waals surface area (Å²) in [5.41, 5.74) is 7.28. The molecule has 0 saturated carbocycles. The highest BCUT2D eigenvalue weighted by molar-refractivity contribution is 9.10. The Hall–Kier alpha value is -1.88. The van der Waals surface area contributed by atoms with Gasteiger partial charge < -0.3 is 11.1 Å². The van der Waals surface area contributed by atoms with Gasteiger partial charge in [-0.1, -0.05) is 30.3 Å². The van der Waals surface area contributed by atoms with Crippen LogP contribution in [0.5, 0.6) is 0 Å². The molecule has 0 aliphatic rings. The van der Waals surface area contributed by atoms with Crippen molar-refractivity contribution >= 4 is 33.3 Å². The lowest BCUT2D eigenvalue weighted by atomic mass is 10.1. The van der Waals surface area contributed by atoms with E-state index in [1.807, 2.05) is 30.3 Å². The maximum Gasteiger partial charge on any atom is 0.225 e. The number of aryl methyl sites for hydroxylation is 1. The van der Waals surface area contributed by atoms with Crippen molar-refractivity contribution in [3.05, 3.63) is 52.6 Å². The number of nitrogens with one attached hydrogen (secondary N) is 1. The monoisotopic (exact) mass is 319 g/mol. The third kappa shape index (κ3) is 4.06. The van der Waals surface area contributed by atoms with Crippen LogP contribution in [-0.4, -0.2) is 10.9 Å². The van der Waals surface area contributed by atoms with Gasteiger partial charge in [-0.05, 0) is 34.0 Å². The van der Waals surface area contributed by atoms with E-state index in [1.165, 1.54) is 6.20 Å². The number of rotatable bonds is 4. The standard InChI is InChI=1S/C14H14BrN3O/c15-12-8-11(16)9-17-14(12)18-13(19)7-6-10-4-2-1-3-5-10/h1-5,8-9H,6-7,16H2,(H,17,18,19). The van der Waals surface area contributed by atoms with E-state index >= 15 is 0 Å². The number of anilines is 2. The summed E-state index contributed by atoms with van der Waals surface area (Å²) in [6.07, 6.45) is 2.64. The fraction of sp³-hybridized carbons (Fsp3) is 0.143. The first kappa shape index (κ1) is 13.5. The second kappa shape index (κ2) is 6.33. The second-order valence-corrected chi connectivity index (χ2v) is 4.99. The van der Waals surface area contributed by atoms with E-state index in [9.17, 15) is 4.79 Å². The number of hydrogen-bond acceptors (Lipinski definition) is 3. The molecule has 1 aromatic heterocycles. The van der Waals surface area contributed by atoms with Gasteiger partial charge in [0.25, 0.3) is 0 Å². The van der Waals surface area contributed by atoms with Gasteiger partial charge in [0, 0.05) is 6.42 Å². The number of nitrogen functional groups attached to an aromatic ring is 1. The molecule has 0 atom stereocenters. The highest BCUT2D eigenvalue weighted by Gasteiger charge is 2.07. The van der Waals surface area contributed by atoms with Crippen LogP contribution in [0, 0.1) is 0 Å². The van der Waals surface area contributed by atoms with Crippen molar-refractivity contribution in [2.75, 3.05) is 11.1 Å². The van der Waals surface area contributed by atoms with Gasteiger partial charge in [-0.15, -0.1) is 0 Å². The number of pyridine rings is 1. The molecule has 0 spiro atoms. The molecule has 0 saturated heterocycles. The second-order valence-electron chi connectivity index (χ2n) is 4.13. The van der Waals surface area contributed by atoms with Crippen LogP contribution in [0.4, 0.5) is 11.5 Å². The van der Waals surface area contributed by atoms with E-state index in [0.29, 0.717) is 28.8 Å². The third-order valence-corrected chi connectivity index (χ3v) is 3.21. The van der Waals surface area contributed by atoms with E-state index in [-0.39, 0.29) is 5.91 Å². The summed E-state index contributed by atoms with van der Waals surface area (Å²) in [6.45, 7) is 0. The Labute approximate surface area is 120 Å². The molecule has 4 nitrogen and oxygen atoms in total. The Morgan fingerprint density at radius 2 is 2.05 bits per heavy atom. The zero-order valence-corrected chi connectivity index (χ0v) is 11.9. The Kier molecular flexibility index (Phi) is 4.52. The summed E-state index contributed by atoms with van der Waals surface area (Å²) in [5.74, 6) is 0.425. The minimum absolute atomic E-state index is 0.0678. The fourth-order valence-electron chi connectivity index (χ4n) is 1.64. The third-order valence-electron chi connectivity index (χ3n) is 2.60. The first-order valence-corrected chi connectivity index (χ1v) is 6.69. The van der Waals surface area contributed by atoms with E-state index in [2.05, 4.69) is 26.2 Å². The van der Waals surface area contributed by atoms with Crippen LogP contribution in [-0.2, 0) is 11.2 Å². The summed E-state index contributed by atoms with van der Waals surface area (Å²) in [7, 11) is 0.